The van der Waals surface area contributed by atoms with Gasteiger partial charge in [0.1, 0.15) is 17.8 Å². The van der Waals surface area contributed by atoms with Crippen LogP contribution in [-0.4, -0.2) is 63.4 Å². The van der Waals surface area contributed by atoms with Gasteiger partial charge >= 0.3 is 0 Å². The van der Waals surface area contributed by atoms with Crippen molar-refractivity contribution in [2.24, 2.45) is 4.99 Å². The third-order valence-electron chi connectivity index (χ3n) is 5.40. The third kappa shape index (κ3) is 4.43. The van der Waals surface area contributed by atoms with Crippen molar-refractivity contribution in [2.45, 2.75) is 51.2 Å². The number of aryl methyl sites for hydroxylation is 1. The lowest BCUT2D eigenvalue weighted by Gasteiger charge is -2.21. The highest BCUT2D eigenvalue weighted by atomic mass is 16.5. The lowest BCUT2D eigenvalue weighted by Crippen LogP contribution is -2.41. The fourth-order valence-corrected chi connectivity index (χ4v) is 3.95. The Labute approximate surface area is 166 Å². The van der Waals surface area contributed by atoms with Crippen molar-refractivity contribution in [2.75, 3.05) is 26.7 Å². The van der Waals surface area contributed by atoms with Gasteiger partial charge in [-0.05, 0) is 18.9 Å². The molecule has 1 unspecified atom stereocenters. The smallest absolute Gasteiger partial charge is 0.213 e. The first-order valence-corrected chi connectivity index (χ1v) is 10.3. The number of aromatic nitrogens is 4. The maximum Gasteiger partial charge on any atom is 0.213 e. The van der Waals surface area contributed by atoms with E-state index in [-0.39, 0.29) is 6.10 Å². The van der Waals surface area contributed by atoms with E-state index in [0.717, 1.165) is 63.0 Å². The lowest BCUT2D eigenvalue weighted by atomic mass is 10.2. The SMILES string of the molecule is CN=C(NCCc1nnc2n1CCCCC2)N1CCC(Oc2ccccn2)C1. The molecule has 4 rings (SSSR count). The molecule has 0 saturated carbocycles. The summed E-state index contributed by atoms with van der Waals surface area (Å²) in [6.45, 7) is 3.59. The van der Waals surface area contributed by atoms with E-state index in [9.17, 15) is 0 Å². The maximum atomic E-state index is 5.98. The van der Waals surface area contributed by atoms with Crippen LogP contribution in [0.25, 0.3) is 0 Å². The van der Waals surface area contributed by atoms with Crippen molar-refractivity contribution in [1.82, 2.24) is 30.0 Å². The average molecular weight is 384 g/mol. The summed E-state index contributed by atoms with van der Waals surface area (Å²) in [5.41, 5.74) is 0. The highest BCUT2D eigenvalue weighted by Gasteiger charge is 2.26. The highest BCUT2D eigenvalue weighted by Crippen LogP contribution is 2.17. The van der Waals surface area contributed by atoms with Gasteiger partial charge in [0.25, 0.3) is 0 Å². The zero-order valence-electron chi connectivity index (χ0n) is 16.5. The first kappa shape index (κ1) is 18.7. The maximum absolute atomic E-state index is 5.98. The van der Waals surface area contributed by atoms with Crippen LogP contribution in [0.15, 0.2) is 29.4 Å². The number of hydrogen-bond donors (Lipinski definition) is 1. The number of nitrogens with zero attached hydrogens (tertiary/aromatic N) is 6. The van der Waals surface area contributed by atoms with E-state index in [0.29, 0.717) is 5.88 Å². The second-order valence-corrected chi connectivity index (χ2v) is 7.36. The van der Waals surface area contributed by atoms with Gasteiger partial charge in [0, 0.05) is 58.2 Å². The van der Waals surface area contributed by atoms with Crippen molar-refractivity contribution >= 4 is 5.96 Å². The van der Waals surface area contributed by atoms with E-state index in [4.69, 9.17) is 4.74 Å². The Morgan fingerprint density at radius 3 is 3.07 bits per heavy atom. The lowest BCUT2D eigenvalue weighted by molar-refractivity contribution is 0.205. The summed E-state index contributed by atoms with van der Waals surface area (Å²) in [5, 5.41) is 12.3. The van der Waals surface area contributed by atoms with Crippen molar-refractivity contribution in [3.63, 3.8) is 0 Å². The zero-order valence-corrected chi connectivity index (χ0v) is 16.5. The van der Waals surface area contributed by atoms with Gasteiger partial charge in [0.05, 0.1) is 6.54 Å². The van der Waals surface area contributed by atoms with E-state index < -0.39 is 0 Å². The fraction of sp³-hybridized carbons (Fsp3) is 0.600. The van der Waals surface area contributed by atoms with Crippen LogP contribution in [-0.2, 0) is 19.4 Å². The molecule has 0 amide bonds. The van der Waals surface area contributed by atoms with Crippen LogP contribution in [0, 0.1) is 0 Å². The minimum Gasteiger partial charge on any atom is -0.472 e. The second-order valence-electron chi connectivity index (χ2n) is 7.36. The van der Waals surface area contributed by atoms with Crippen LogP contribution >= 0.6 is 0 Å². The molecule has 4 heterocycles. The zero-order chi connectivity index (χ0) is 19.2. The summed E-state index contributed by atoms with van der Waals surface area (Å²) in [4.78, 5) is 10.9. The van der Waals surface area contributed by atoms with Gasteiger partial charge in [0.2, 0.25) is 5.88 Å². The Balaban J connectivity index is 1.27. The fourth-order valence-electron chi connectivity index (χ4n) is 3.95. The molecule has 0 bridgehead atoms. The molecule has 2 aromatic rings. The largest absolute Gasteiger partial charge is 0.472 e. The van der Waals surface area contributed by atoms with Gasteiger partial charge in [0.15, 0.2) is 5.96 Å². The first-order valence-electron chi connectivity index (χ1n) is 10.3. The normalized spacial score (nSPS) is 20.0. The quantitative estimate of drug-likeness (QED) is 0.625. The molecule has 28 heavy (non-hydrogen) atoms. The van der Waals surface area contributed by atoms with Crippen LogP contribution in [0.1, 0.15) is 37.3 Å². The summed E-state index contributed by atoms with van der Waals surface area (Å²) >= 11 is 0. The van der Waals surface area contributed by atoms with Crippen LogP contribution < -0.4 is 10.1 Å². The molecule has 2 aliphatic rings. The van der Waals surface area contributed by atoms with E-state index in [1.54, 1.807) is 6.20 Å². The average Bonchev–Trinajstić information content (AvgIpc) is 3.26. The standard InChI is InChI=1S/C20H29N7O/c1-21-20(26-14-10-16(15-26)28-19-8-4-5-11-22-19)23-12-9-18-25-24-17-7-3-2-6-13-27(17)18/h4-5,8,11,16H,2-3,6-7,9-10,12-15H2,1H3,(H,21,23). The summed E-state index contributed by atoms with van der Waals surface area (Å²) in [6, 6.07) is 5.74. The van der Waals surface area contributed by atoms with Gasteiger partial charge in [-0.15, -0.1) is 10.2 Å². The Morgan fingerprint density at radius 1 is 1.25 bits per heavy atom. The third-order valence-corrected chi connectivity index (χ3v) is 5.40. The molecule has 0 spiro atoms. The van der Waals surface area contributed by atoms with Crippen molar-refractivity contribution in [3.8, 4) is 5.88 Å². The predicted molar refractivity (Wildman–Crippen MR) is 107 cm³/mol. The van der Waals surface area contributed by atoms with Gasteiger partial charge in [-0.25, -0.2) is 4.98 Å². The molecular weight excluding hydrogens is 354 g/mol. The number of rotatable bonds is 5. The molecule has 0 radical (unpaired) electrons. The minimum absolute atomic E-state index is 0.140. The molecule has 1 N–H and O–H groups in total. The molecule has 1 fully saturated rings. The number of hydrogen-bond acceptors (Lipinski definition) is 5. The number of fused-ring (bicyclic) bond motifs is 1. The Bertz CT molecular complexity index is 789. The van der Waals surface area contributed by atoms with Crippen molar-refractivity contribution in [1.29, 1.82) is 0 Å². The number of nitrogens with one attached hydrogen (secondary N) is 1. The van der Waals surface area contributed by atoms with Gasteiger partial charge < -0.3 is 19.5 Å². The molecule has 8 heteroatoms. The number of likely N-dealkylation sites (tertiary alicyclic amines) is 1. The molecule has 0 aliphatic carbocycles. The number of aliphatic imine (C=N–C) groups is 1. The van der Waals surface area contributed by atoms with Crippen molar-refractivity contribution < 1.29 is 4.74 Å². The summed E-state index contributed by atoms with van der Waals surface area (Å²) < 4.78 is 8.29. The molecule has 8 nitrogen and oxygen atoms in total. The number of pyridine rings is 1. The van der Waals surface area contributed by atoms with Gasteiger partial charge in [-0.3, -0.25) is 4.99 Å². The van der Waals surface area contributed by atoms with Crippen LogP contribution in [0.4, 0.5) is 0 Å². The van der Waals surface area contributed by atoms with Gasteiger partial charge in [-0.2, -0.15) is 0 Å². The van der Waals surface area contributed by atoms with Crippen LogP contribution in [0.2, 0.25) is 0 Å². The molecule has 1 saturated heterocycles. The predicted octanol–water partition coefficient (Wildman–Crippen LogP) is 1.67. The summed E-state index contributed by atoms with van der Waals surface area (Å²) in [6.07, 6.45) is 8.49. The minimum atomic E-state index is 0.140. The van der Waals surface area contributed by atoms with Crippen LogP contribution in [0.5, 0.6) is 5.88 Å². The number of ether oxygens (including phenoxy) is 1. The molecule has 2 aromatic heterocycles. The Hall–Kier alpha value is -2.64. The molecular formula is C20H29N7O. The van der Waals surface area contributed by atoms with E-state index in [2.05, 4.69) is 35.0 Å². The summed E-state index contributed by atoms with van der Waals surface area (Å²) in [7, 11) is 1.83. The number of guanidine groups is 1. The topological polar surface area (TPSA) is 80.5 Å². The monoisotopic (exact) mass is 383 g/mol. The van der Waals surface area contributed by atoms with E-state index in [1.165, 1.54) is 19.3 Å². The molecule has 2 aliphatic heterocycles. The molecule has 0 aromatic carbocycles. The van der Waals surface area contributed by atoms with Crippen molar-refractivity contribution in [3.05, 3.63) is 36.0 Å². The highest BCUT2D eigenvalue weighted by molar-refractivity contribution is 5.80. The Kier molecular flexibility index (Phi) is 6.04. The molecule has 1 atom stereocenters. The summed E-state index contributed by atoms with van der Waals surface area (Å²) in [5.74, 6) is 3.83. The Morgan fingerprint density at radius 2 is 2.21 bits per heavy atom. The second kappa shape index (κ2) is 9.03. The first-order chi connectivity index (χ1) is 13.8. The van der Waals surface area contributed by atoms with E-state index in [1.807, 2.05) is 25.2 Å². The van der Waals surface area contributed by atoms with E-state index >= 15 is 0 Å². The molecule has 150 valence electrons. The van der Waals surface area contributed by atoms with Crippen LogP contribution in [0.3, 0.4) is 0 Å². The van der Waals surface area contributed by atoms with Gasteiger partial charge in [-0.1, -0.05) is 12.5 Å².